The molecule has 0 heteroatoms. The summed E-state index contributed by atoms with van der Waals surface area (Å²) in [5, 5.41) is 0. The average molecular weight is 226 g/mol. The molecular formula is C16H34. The largest absolute Gasteiger partial charge is 0.0654 e. The second kappa shape index (κ2) is 9.07. The Kier molecular flexibility index (Phi) is 9.07. The fourth-order valence-electron chi connectivity index (χ4n) is 3.38. The molecular weight excluding hydrogens is 192 g/mol. The van der Waals surface area contributed by atoms with Crippen molar-refractivity contribution in [3.05, 3.63) is 0 Å². The van der Waals surface area contributed by atoms with Gasteiger partial charge in [-0.1, -0.05) is 86.0 Å². The zero-order valence-corrected chi connectivity index (χ0v) is 12.4. The predicted molar refractivity (Wildman–Crippen MR) is 75.8 cm³/mol. The van der Waals surface area contributed by atoms with E-state index in [2.05, 4.69) is 34.6 Å². The molecule has 0 radical (unpaired) electrons. The zero-order chi connectivity index (χ0) is 12.4. The molecule has 0 rings (SSSR count). The van der Waals surface area contributed by atoms with Gasteiger partial charge in [0.1, 0.15) is 0 Å². The van der Waals surface area contributed by atoms with Crippen molar-refractivity contribution in [3.8, 4) is 0 Å². The highest BCUT2D eigenvalue weighted by Gasteiger charge is 2.31. The Balaban J connectivity index is 4.21. The third kappa shape index (κ3) is 4.47. The van der Waals surface area contributed by atoms with Crippen LogP contribution in [-0.4, -0.2) is 0 Å². The van der Waals surface area contributed by atoms with Crippen molar-refractivity contribution >= 4 is 0 Å². The predicted octanol–water partition coefficient (Wildman–Crippen LogP) is 6.20. The monoisotopic (exact) mass is 226 g/mol. The van der Waals surface area contributed by atoms with Gasteiger partial charge in [-0.25, -0.2) is 0 Å². The summed E-state index contributed by atoms with van der Waals surface area (Å²) in [6.07, 6.45) is 12.6. The molecule has 0 N–H and O–H groups in total. The first-order chi connectivity index (χ1) is 7.70. The van der Waals surface area contributed by atoms with Crippen molar-refractivity contribution in [2.24, 2.45) is 11.3 Å². The third-order valence-corrected chi connectivity index (χ3v) is 4.88. The molecule has 1 atom stereocenters. The number of rotatable bonds is 10. The summed E-state index contributed by atoms with van der Waals surface area (Å²) in [7, 11) is 0. The molecule has 0 aromatic carbocycles. The van der Waals surface area contributed by atoms with E-state index in [1.54, 1.807) is 0 Å². The van der Waals surface area contributed by atoms with Gasteiger partial charge in [-0.05, 0) is 17.8 Å². The van der Waals surface area contributed by atoms with Crippen molar-refractivity contribution in [2.45, 2.75) is 92.4 Å². The molecule has 0 aromatic heterocycles. The molecule has 0 fully saturated rings. The molecule has 0 saturated carbocycles. The first-order valence-electron chi connectivity index (χ1n) is 7.70. The van der Waals surface area contributed by atoms with Gasteiger partial charge in [-0.2, -0.15) is 0 Å². The van der Waals surface area contributed by atoms with Crippen LogP contribution >= 0.6 is 0 Å². The Hall–Kier alpha value is 0. The standard InChI is InChI=1S/C16H34/c1-6-11-12-13-14-15(7-2)16(8-3,9-4)10-5/h15H,6-14H2,1-5H3. The van der Waals surface area contributed by atoms with E-state index >= 15 is 0 Å². The lowest BCUT2D eigenvalue weighted by molar-refractivity contribution is 0.119. The third-order valence-electron chi connectivity index (χ3n) is 4.88. The first kappa shape index (κ1) is 16.0. The van der Waals surface area contributed by atoms with Crippen molar-refractivity contribution < 1.29 is 0 Å². The molecule has 0 amide bonds. The average Bonchev–Trinajstić information content (AvgIpc) is 2.34. The maximum atomic E-state index is 2.39. The van der Waals surface area contributed by atoms with Crippen LogP contribution in [0.25, 0.3) is 0 Å². The van der Waals surface area contributed by atoms with Gasteiger partial charge < -0.3 is 0 Å². The van der Waals surface area contributed by atoms with E-state index in [0.717, 1.165) is 5.92 Å². The van der Waals surface area contributed by atoms with Gasteiger partial charge in [0, 0.05) is 0 Å². The van der Waals surface area contributed by atoms with E-state index in [1.807, 2.05) is 0 Å². The molecule has 0 nitrogen and oxygen atoms in total. The fourth-order valence-corrected chi connectivity index (χ4v) is 3.38. The summed E-state index contributed by atoms with van der Waals surface area (Å²) in [5.74, 6) is 0.962. The smallest absolute Gasteiger partial charge is 0.0277 e. The highest BCUT2D eigenvalue weighted by atomic mass is 14.4. The van der Waals surface area contributed by atoms with Crippen LogP contribution in [0.5, 0.6) is 0 Å². The van der Waals surface area contributed by atoms with E-state index in [4.69, 9.17) is 0 Å². The van der Waals surface area contributed by atoms with Crippen LogP contribution in [0.1, 0.15) is 92.4 Å². The van der Waals surface area contributed by atoms with Gasteiger partial charge in [0.2, 0.25) is 0 Å². The summed E-state index contributed by atoms with van der Waals surface area (Å²) in [6, 6.07) is 0. The van der Waals surface area contributed by atoms with Gasteiger partial charge in [0.05, 0.1) is 0 Å². The van der Waals surface area contributed by atoms with Crippen molar-refractivity contribution in [2.75, 3.05) is 0 Å². The zero-order valence-electron chi connectivity index (χ0n) is 12.4. The molecule has 16 heavy (non-hydrogen) atoms. The van der Waals surface area contributed by atoms with Crippen LogP contribution in [0, 0.1) is 11.3 Å². The molecule has 98 valence electrons. The van der Waals surface area contributed by atoms with Crippen LogP contribution < -0.4 is 0 Å². The molecule has 0 bridgehead atoms. The Morgan fingerprint density at radius 3 is 1.69 bits per heavy atom. The lowest BCUT2D eigenvalue weighted by atomic mass is 9.66. The van der Waals surface area contributed by atoms with E-state index in [9.17, 15) is 0 Å². The molecule has 0 aromatic rings. The maximum absolute atomic E-state index is 2.39. The molecule has 0 heterocycles. The highest BCUT2D eigenvalue weighted by molar-refractivity contribution is 4.82. The molecule has 0 aliphatic rings. The Morgan fingerprint density at radius 1 is 0.750 bits per heavy atom. The van der Waals surface area contributed by atoms with Crippen molar-refractivity contribution in [3.63, 3.8) is 0 Å². The number of hydrogen-bond donors (Lipinski definition) is 0. The summed E-state index contributed by atoms with van der Waals surface area (Å²) in [6.45, 7) is 11.9. The number of unbranched alkanes of at least 4 members (excludes halogenated alkanes) is 3. The maximum Gasteiger partial charge on any atom is -0.0277 e. The Bertz CT molecular complexity index is 136. The van der Waals surface area contributed by atoms with Crippen LogP contribution in [0.15, 0.2) is 0 Å². The molecule has 0 spiro atoms. The quantitative estimate of drug-likeness (QED) is 0.389. The second-order valence-electron chi connectivity index (χ2n) is 5.38. The van der Waals surface area contributed by atoms with Gasteiger partial charge >= 0.3 is 0 Å². The molecule has 1 unspecified atom stereocenters. The minimum absolute atomic E-state index is 0.640. The fraction of sp³-hybridized carbons (Fsp3) is 1.00. The van der Waals surface area contributed by atoms with Crippen molar-refractivity contribution in [1.29, 1.82) is 0 Å². The Labute approximate surface area is 104 Å². The normalized spacial score (nSPS) is 14.1. The summed E-state index contributed by atoms with van der Waals surface area (Å²) in [4.78, 5) is 0. The Morgan fingerprint density at radius 2 is 1.31 bits per heavy atom. The van der Waals surface area contributed by atoms with E-state index < -0.39 is 0 Å². The first-order valence-corrected chi connectivity index (χ1v) is 7.70. The minimum atomic E-state index is 0.640. The lowest BCUT2D eigenvalue weighted by Crippen LogP contribution is -2.28. The number of hydrogen-bond acceptors (Lipinski definition) is 0. The van der Waals surface area contributed by atoms with Crippen molar-refractivity contribution in [1.82, 2.24) is 0 Å². The van der Waals surface area contributed by atoms with Gasteiger partial charge in [0.15, 0.2) is 0 Å². The van der Waals surface area contributed by atoms with Gasteiger partial charge in [-0.3, -0.25) is 0 Å². The highest BCUT2D eigenvalue weighted by Crippen LogP contribution is 2.43. The topological polar surface area (TPSA) is 0 Å². The minimum Gasteiger partial charge on any atom is -0.0654 e. The second-order valence-corrected chi connectivity index (χ2v) is 5.38. The van der Waals surface area contributed by atoms with E-state index in [1.165, 1.54) is 57.8 Å². The van der Waals surface area contributed by atoms with E-state index in [0.29, 0.717) is 5.41 Å². The summed E-state index contributed by atoms with van der Waals surface area (Å²) < 4.78 is 0. The molecule has 0 aliphatic heterocycles. The van der Waals surface area contributed by atoms with Crippen LogP contribution in [0.2, 0.25) is 0 Å². The lowest BCUT2D eigenvalue weighted by Gasteiger charge is -2.39. The van der Waals surface area contributed by atoms with Crippen LogP contribution in [-0.2, 0) is 0 Å². The van der Waals surface area contributed by atoms with E-state index in [-0.39, 0.29) is 0 Å². The summed E-state index contributed by atoms with van der Waals surface area (Å²) >= 11 is 0. The van der Waals surface area contributed by atoms with Crippen LogP contribution in [0.3, 0.4) is 0 Å². The summed E-state index contributed by atoms with van der Waals surface area (Å²) in [5.41, 5.74) is 0.640. The van der Waals surface area contributed by atoms with Gasteiger partial charge in [0.25, 0.3) is 0 Å². The molecule has 0 aliphatic carbocycles. The SMILES string of the molecule is CCCCCCC(CC)C(CC)(CC)CC. The van der Waals surface area contributed by atoms with Gasteiger partial charge in [-0.15, -0.1) is 0 Å². The van der Waals surface area contributed by atoms with Crippen LogP contribution in [0.4, 0.5) is 0 Å². The molecule has 0 saturated heterocycles.